The smallest absolute Gasteiger partial charge is 0.241 e. The van der Waals surface area contributed by atoms with Crippen LogP contribution in [0.25, 0.3) is 0 Å². The van der Waals surface area contributed by atoms with Gasteiger partial charge in [0.05, 0.1) is 23.9 Å². The summed E-state index contributed by atoms with van der Waals surface area (Å²) in [5.41, 5.74) is 1.87. The Balaban J connectivity index is 1.62. The summed E-state index contributed by atoms with van der Waals surface area (Å²) in [6.45, 7) is 5.99. The molecular formula is C19H25N3O2S. The summed E-state index contributed by atoms with van der Waals surface area (Å²) in [5, 5.41) is 6.30. The maximum absolute atomic E-state index is 12.7. The van der Waals surface area contributed by atoms with Crippen molar-refractivity contribution in [1.82, 2.24) is 9.88 Å². The molecule has 1 aromatic carbocycles. The molecule has 0 unspecified atom stereocenters. The molecule has 134 valence electrons. The number of nitrogens with zero attached hydrogens (tertiary/aromatic N) is 2. The highest BCUT2D eigenvalue weighted by molar-refractivity contribution is 7.09. The van der Waals surface area contributed by atoms with Crippen LogP contribution in [0.5, 0.6) is 5.75 Å². The number of anilines is 1. The molecule has 2 aromatic rings. The Hall–Kier alpha value is -1.92. The average molecular weight is 359 g/mol. The van der Waals surface area contributed by atoms with Gasteiger partial charge < -0.3 is 10.1 Å². The van der Waals surface area contributed by atoms with Crippen molar-refractivity contribution in [2.75, 3.05) is 19.0 Å². The minimum Gasteiger partial charge on any atom is -0.497 e. The lowest BCUT2D eigenvalue weighted by atomic mass is 10.2. The lowest BCUT2D eigenvalue weighted by Gasteiger charge is -2.22. The van der Waals surface area contributed by atoms with Crippen LogP contribution in [-0.4, -0.2) is 35.5 Å². The number of thiazole rings is 1. The average Bonchev–Trinajstić information content (AvgIpc) is 3.25. The maximum Gasteiger partial charge on any atom is 0.241 e. The highest BCUT2D eigenvalue weighted by atomic mass is 32.1. The molecule has 5 nitrogen and oxygen atoms in total. The van der Waals surface area contributed by atoms with E-state index in [2.05, 4.69) is 29.4 Å². The zero-order valence-electron chi connectivity index (χ0n) is 15.0. The van der Waals surface area contributed by atoms with Gasteiger partial charge in [-0.05, 0) is 43.7 Å². The van der Waals surface area contributed by atoms with Crippen LogP contribution in [0, 0.1) is 0 Å². The zero-order chi connectivity index (χ0) is 17.8. The van der Waals surface area contributed by atoms with Gasteiger partial charge in [0.15, 0.2) is 0 Å². The SMILES string of the molecule is COc1ccc(NC(=O)[C@@H]2CCCN2Cc2csc(C(C)C)n2)cc1. The lowest BCUT2D eigenvalue weighted by Crippen LogP contribution is -2.39. The molecule has 1 saturated heterocycles. The van der Waals surface area contributed by atoms with E-state index < -0.39 is 0 Å². The summed E-state index contributed by atoms with van der Waals surface area (Å²) in [7, 11) is 1.63. The van der Waals surface area contributed by atoms with Crippen molar-refractivity contribution >= 4 is 22.9 Å². The van der Waals surface area contributed by atoms with Crippen LogP contribution in [0.2, 0.25) is 0 Å². The molecule has 1 amide bonds. The molecule has 1 aliphatic heterocycles. The van der Waals surface area contributed by atoms with Crippen LogP contribution < -0.4 is 10.1 Å². The molecule has 2 heterocycles. The molecule has 0 saturated carbocycles. The van der Waals surface area contributed by atoms with Crippen LogP contribution in [0.15, 0.2) is 29.6 Å². The van der Waals surface area contributed by atoms with Gasteiger partial charge in [-0.1, -0.05) is 13.8 Å². The molecule has 1 fully saturated rings. The summed E-state index contributed by atoms with van der Waals surface area (Å²) < 4.78 is 5.15. The van der Waals surface area contributed by atoms with Gasteiger partial charge in [-0.2, -0.15) is 0 Å². The monoisotopic (exact) mass is 359 g/mol. The number of amides is 1. The number of nitrogens with one attached hydrogen (secondary N) is 1. The van der Waals surface area contributed by atoms with E-state index in [0.29, 0.717) is 5.92 Å². The molecule has 6 heteroatoms. The summed E-state index contributed by atoms with van der Waals surface area (Å²) >= 11 is 1.71. The number of likely N-dealkylation sites (tertiary alicyclic amines) is 1. The Morgan fingerprint density at radius 2 is 2.16 bits per heavy atom. The highest BCUT2D eigenvalue weighted by Gasteiger charge is 2.31. The fourth-order valence-corrected chi connectivity index (χ4v) is 3.91. The van der Waals surface area contributed by atoms with Crippen molar-refractivity contribution in [3.63, 3.8) is 0 Å². The number of ether oxygens (including phenoxy) is 1. The Labute approximate surface area is 153 Å². The second kappa shape index (κ2) is 7.97. The van der Waals surface area contributed by atoms with E-state index >= 15 is 0 Å². The van der Waals surface area contributed by atoms with E-state index in [1.54, 1.807) is 18.4 Å². The molecule has 0 aliphatic carbocycles. The third-order valence-corrected chi connectivity index (χ3v) is 5.65. The number of rotatable bonds is 6. The predicted molar refractivity (Wildman–Crippen MR) is 101 cm³/mol. The van der Waals surface area contributed by atoms with Gasteiger partial charge in [0.1, 0.15) is 5.75 Å². The van der Waals surface area contributed by atoms with Gasteiger partial charge >= 0.3 is 0 Å². The first-order valence-corrected chi connectivity index (χ1v) is 9.58. The van der Waals surface area contributed by atoms with Crippen LogP contribution in [0.3, 0.4) is 0 Å². The largest absolute Gasteiger partial charge is 0.497 e. The topological polar surface area (TPSA) is 54.5 Å². The predicted octanol–water partition coefficient (Wildman–Crippen LogP) is 3.88. The quantitative estimate of drug-likeness (QED) is 0.850. The molecule has 0 spiro atoms. The molecule has 1 N–H and O–H groups in total. The number of hydrogen-bond donors (Lipinski definition) is 1. The summed E-state index contributed by atoms with van der Waals surface area (Å²) in [6, 6.07) is 7.35. The molecule has 0 radical (unpaired) electrons. The van der Waals surface area contributed by atoms with Gasteiger partial charge in [-0.25, -0.2) is 4.98 Å². The van der Waals surface area contributed by atoms with E-state index in [1.165, 1.54) is 0 Å². The van der Waals surface area contributed by atoms with Crippen LogP contribution in [-0.2, 0) is 11.3 Å². The molecule has 25 heavy (non-hydrogen) atoms. The van der Waals surface area contributed by atoms with E-state index in [4.69, 9.17) is 9.72 Å². The second-order valence-corrected chi connectivity index (χ2v) is 7.57. The van der Waals surface area contributed by atoms with E-state index in [1.807, 2.05) is 24.3 Å². The van der Waals surface area contributed by atoms with Crippen molar-refractivity contribution in [3.8, 4) is 5.75 Å². The summed E-state index contributed by atoms with van der Waals surface area (Å²) in [6.07, 6.45) is 1.94. The molecule has 1 aromatic heterocycles. The van der Waals surface area contributed by atoms with Crippen molar-refractivity contribution in [2.24, 2.45) is 0 Å². The molecular weight excluding hydrogens is 334 g/mol. The van der Waals surface area contributed by atoms with Gasteiger partial charge in [0.25, 0.3) is 0 Å². The van der Waals surface area contributed by atoms with Gasteiger partial charge in [-0.15, -0.1) is 11.3 Å². The first-order chi connectivity index (χ1) is 12.1. The standard InChI is InChI=1S/C19H25N3O2S/c1-13(2)19-21-15(12-25-19)11-22-10-4-5-17(22)18(23)20-14-6-8-16(24-3)9-7-14/h6-9,12-13,17H,4-5,10-11H2,1-3H3,(H,20,23)/t17-/m0/s1. The number of carbonyl (C=O) groups excluding carboxylic acids is 1. The minimum absolute atomic E-state index is 0.0574. The van der Waals surface area contributed by atoms with E-state index in [9.17, 15) is 4.79 Å². The van der Waals surface area contributed by atoms with E-state index in [-0.39, 0.29) is 11.9 Å². The highest BCUT2D eigenvalue weighted by Crippen LogP contribution is 2.25. The van der Waals surface area contributed by atoms with Crippen molar-refractivity contribution in [1.29, 1.82) is 0 Å². The Morgan fingerprint density at radius 3 is 2.80 bits per heavy atom. The third-order valence-electron chi connectivity index (χ3n) is 4.45. The molecule has 0 bridgehead atoms. The molecule has 1 aliphatic rings. The number of hydrogen-bond acceptors (Lipinski definition) is 5. The van der Waals surface area contributed by atoms with Gasteiger partial charge in [0, 0.05) is 23.5 Å². The zero-order valence-corrected chi connectivity index (χ0v) is 15.8. The van der Waals surface area contributed by atoms with Crippen molar-refractivity contribution in [2.45, 2.75) is 45.2 Å². The minimum atomic E-state index is -0.0914. The molecule has 1 atom stereocenters. The maximum atomic E-state index is 12.7. The normalized spacial score (nSPS) is 17.8. The van der Waals surface area contributed by atoms with Crippen molar-refractivity contribution in [3.05, 3.63) is 40.3 Å². The first-order valence-electron chi connectivity index (χ1n) is 8.70. The fourth-order valence-electron chi connectivity index (χ4n) is 3.08. The lowest BCUT2D eigenvalue weighted by molar-refractivity contribution is -0.120. The third kappa shape index (κ3) is 4.38. The van der Waals surface area contributed by atoms with Gasteiger partial charge in [0.2, 0.25) is 5.91 Å². The summed E-state index contributed by atoms with van der Waals surface area (Å²) in [5.74, 6) is 1.29. The van der Waals surface area contributed by atoms with E-state index in [0.717, 1.165) is 48.1 Å². The van der Waals surface area contributed by atoms with Crippen molar-refractivity contribution < 1.29 is 9.53 Å². The fraction of sp³-hybridized carbons (Fsp3) is 0.474. The van der Waals surface area contributed by atoms with Crippen LogP contribution in [0.4, 0.5) is 5.69 Å². The Kier molecular flexibility index (Phi) is 5.71. The summed E-state index contributed by atoms with van der Waals surface area (Å²) in [4.78, 5) is 19.6. The molecule has 3 rings (SSSR count). The number of benzene rings is 1. The number of methoxy groups -OCH3 is 1. The van der Waals surface area contributed by atoms with Crippen LogP contribution >= 0.6 is 11.3 Å². The van der Waals surface area contributed by atoms with Gasteiger partial charge in [-0.3, -0.25) is 9.69 Å². The second-order valence-electron chi connectivity index (χ2n) is 6.68. The Bertz CT molecular complexity index is 712. The first kappa shape index (κ1) is 17.9. The Morgan fingerprint density at radius 1 is 1.40 bits per heavy atom. The number of aromatic nitrogens is 1. The van der Waals surface area contributed by atoms with Crippen LogP contribution in [0.1, 0.15) is 43.3 Å². The number of carbonyl (C=O) groups is 1.